The minimum Gasteiger partial charge on any atom is -0.396 e. The largest absolute Gasteiger partial charge is 0.396 e. The summed E-state index contributed by atoms with van der Waals surface area (Å²) in [5.41, 5.74) is 2.95. The maximum atomic E-state index is 9.79. The zero-order valence-corrected chi connectivity index (χ0v) is 16.1. The number of hydrogen-bond acceptors (Lipinski definition) is 5. The van der Waals surface area contributed by atoms with Crippen molar-refractivity contribution in [1.29, 1.82) is 0 Å². The van der Waals surface area contributed by atoms with E-state index in [1.165, 1.54) is 12.8 Å². The van der Waals surface area contributed by atoms with E-state index in [-0.39, 0.29) is 12.5 Å². The zero-order chi connectivity index (χ0) is 17.9. The van der Waals surface area contributed by atoms with Gasteiger partial charge in [0, 0.05) is 37.5 Å². The van der Waals surface area contributed by atoms with Crippen LogP contribution in [-0.4, -0.2) is 31.3 Å². The Morgan fingerprint density at radius 1 is 1.27 bits per heavy atom. The van der Waals surface area contributed by atoms with Crippen molar-refractivity contribution in [3.63, 3.8) is 0 Å². The summed E-state index contributed by atoms with van der Waals surface area (Å²) >= 11 is 3.55. The van der Waals surface area contributed by atoms with Crippen molar-refractivity contribution in [2.75, 3.05) is 11.9 Å². The molecule has 136 valence electrons. The number of aliphatic hydroxyl groups excluding tert-OH is 1. The molecule has 2 atom stereocenters. The van der Waals surface area contributed by atoms with E-state index in [0.717, 1.165) is 40.0 Å². The van der Waals surface area contributed by atoms with E-state index in [1.807, 2.05) is 22.8 Å². The number of pyridine rings is 1. The molecule has 0 bridgehead atoms. The van der Waals surface area contributed by atoms with E-state index in [9.17, 15) is 5.11 Å². The van der Waals surface area contributed by atoms with E-state index < -0.39 is 0 Å². The van der Waals surface area contributed by atoms with Crippen LogP contribution in [0.15, 0.2) is 41.3 Å². The minimum absolute atomic E-state index is 0.219. The maximum absolute atomic E-state index is 9.79. The summed E-state index contributed by atoms with van der Waals surface area (Å²) in [7, 11) is 0. The molecule has 1 aliphatic rings. The number of hydrogen-bond donors (Lipinski definition) is 2. The highest BCUT2D eigenvalue weighted by atomic mass is 79.9. The van der Waals surface area contributed by atoms with Crippen molar-refractivity contribution < 1.29 is 5.11 Å². The maximum Gasteiger partial charge on any atom is 0.171 e. The number of aliphatic hydroxyl groups is 1. The molecule has 1 saturated carbocycles. The Hall–Kier alpha value is -1.99. The number of rotatable bonds is 5. The van der Waals surface area contributed by atoms with Crippen LogP contribution >= 0.6 is 15.9 Å². The van der Waals surface area contributed by atoms with Crippen molar-refractivity contribution in [3.8, 4) is 0 Å². The first-order chi connectivity index (χ1) is 12.8. The van der Waals surface area contributed by atoms with Crippen molar-refractivity contribution in [2.45, 2.75) is 38.1 Å². The third-order valence-corrected chi connectivity index (χ3v) is 5.73. The van der Waals surface area contributed by atoms with Gasteiger partial charge in [0.15, 0.2) is 5.65 Å². The standard InChI is InChI=1S/C19H22BrN5O/c20-16-11-23-25-18(22-10-13-4-3-7-21-9-13)8-17(24-19(16)25)15-6-2-1-5-14(15)12-26/h3-4,7-9,11,14-15,22,26H,1-2,5-6,10,12H2/t14?,15-/m1/s1. The highest BCUT2D eigenvalue weighted by molar-refractivity contribution is 9.10. The lowest BCUT2D eigenvalue weighted by Crippen LogP contribution is -2.22. The van der Waals surface area contributed by atoms with Crippen molar-refractivity contribution in [2.24, 2.45) is 5.92 Å². The van der Waals surface area contributed by atoms with E-state index >= 15 is 0 Å². The molecule has 3 aromatic rings. The number of fused-ring (bicyclic) bond motifs is 1. The lowest BCUT2D eigenvalue weighted by atomic mass is 9.78. The van der Waals surface area contributed by atoms with Crippen molar-refractivity contribution in [3.05, 3.63) is 52.5 Å². The lowest BCUT2D eigenvalue weighted by Gasteiger charge is -2.30. The first kappa shape index (κ1) is 17.4. The molecule has 0 aromatic carbocycles. The fraction of sp³-hybridized carbons (Fsp3) is 0.421. The normalized spacial score (nSPS) is 20.4. The van der Waals surface area contributed by atoms with Crippen LogP contribution in [0.1, 0.15) is 42.9 Å². The third kappa shape index (κ3) is 3.46. The molecule has 3 aromatic heterocycles. The molecule has 1 unspecified atom stereocenters. The lowest BCUT2D eigenvalue weighted by molar-refractivity contribution is 0.168. The summed E-state index contributed by atoms with van der Waals surface area (Å²) in [5, 5.41) is 17.7. The van der Waals surface area contributed by atoms with Crippen LogP contribution in [0.2, 0.25) is 0 Å². The molecule has 0 radical (unpaired) electrons. The average molecular weight is 416 g/mol. The highest BCUT2D eigenvalue weighted by Crippen LogP contribution is 2.38. The minimum atomic E-state index is 0.219. The van der Waals surface area contributed by atoms with Gasteiger partial charge in [-0.05, 0) is 46.3 Å². The number of anilines is 1. The molecule has 7 heteroatoms. The number of halogens is 1. The van der Waals surface area contributed by atoms with Crippen molar-refractivity contribution in [1.82, 2.24) is 19.6 Å². The van der Waals surface area contributed by atoms with Crippen LogP contribution in [0.4, 0.5) is 5.82 Å². The summed E-state index contributed by atoms with van der Waals surface area (Å²) in [6.07, 6.45) is 9.91. The number of aromatic nitrogens is 4. The quantitative estimate of drug-likeness (QED) is 0.663. The average Bonchev–Trinajstić information content (AvgIpc) is 3.08. The van der Waals surface area contributed by atoms with Crippen LogP contribution in [0, 0.1) is 5.92 Å². The van der Waals surface area contributed by atoms with Crippen LogP contribution in [0.3, 0.4) is 0 Å². The summed E-state index contributed by atoms with van der Waals surface area (Å²) in [5.74, 6) is 1.48. The van der Waals surface area contributed by atoms with Gasteiger partial charge in [-0.2, -0.15) is 9.61 Å². The summed E-state index contributed by atoms with van der Waals surface area (Å²) in [6.45, 7) is 0.883. The molecule has 4 rings (SSSR count). The van der Waals surface area contributed by atoms with Crippen LogP contribution < -0.4 is 5.32 Å². The van der Waals surface area contributed by atoms with Crippen LogP contribution in [-0.2, 0) is 6.54 Å². The summed E-state index contributed by atoms with van der Waals surface area (Å²) < 4.78 is 2.70. The Morgan fingerprint density at radius 2 is 2.15 bits per heavy atom. The van der Waals surface area contributed by atoms with E-state index in [1.54, 1.807) is 12.4 Å². The van der Waals surface area contributed by atoms with Gasteiger partial charge in [-0.1, -0.05) is 18.9 Å². The van der Waals surface area contributed by atoms with Gasteiger partial charge in [0.25, 0.3) is 0 Å². The second kappa shape index (κ2) is 7.72. The van der Waals surface area contributed by atoms with Crippen LogP contribution in [0.25, 0.3) is 5.65 Å². The van der Waals surface area contributed by atoms with E-state index in [4.69, 9.17) is 4.98 Å². The molecule has 1 aliphatic carbocycles. The summed E-state index contributed by atoms with van der Waals surface area (Å²) in [6, 6.07) is 6.06. The molecule has 1 fully saturated rings. The Bertz CT molecular complexity index is 882. The van der Waals surface area contributed by atoms with Crippen LogP contribution in [0.5, 0.6) is 0 Å². The van der Waals surface area contributed by atoms with E-state index in [0.29, 0.717) is 12.5 Å². The first-order valence-electron chi connectivity index (χ1n) is 9.04. The molecule has 0 amide bonds. The Balaban J connectivity index is 1.69. The Kier molecular flexibility index (Phi) is 5.17. The fourth-order valence-electron chi connectivity index (χ4n) is 3.78. The predicted molar refractivity (Wildman–Crippen MR) is 104 cm³/mol. The SMILES string of the molecule is OCC1CCCC[C@H]1c1cc(NCc2cccnc2)n2ncc(Br)c2n1. The van der Waals surface area contributed by atoms with Gasteiger partial charge < -0.3 is 10.4 Å². The molecule has 0 saturated heterocycles. The van der Waals surface area contributed by atoms with Gasteiger partial charge >= 0.3 is 0 Å². The molecule has 3 heterocycles. The molecule has 6 nitrogen and oxygen atoms in total. The first-order valence-corrected chi connectivity index (χ1v) is 9.83. The molecule has 26 heavy (non-hydrogen) atoms. The zero-order valence-electron chi connectivity index (χ0n) is 14.5. The number of nitrogens with one attached hydrogen (secondary N) is 1. The molecular weight excluding hydrogens is 394 g/mol. The monoisotopic (exact) mass is 415 g/mol. The molecular formula is C19H22BrN5O. The van der Waals surface area contributed by atoms with Gasteiger partial charge in [-0.25, -0.2) is 4.98 Å². The molecule has 0 spiro atoms. The molecule has 2 N–H and O–H groups in total. The number of nitrogens with zero attached hydrogens (tertiary/aromatic N) is 4. The second-order valence-corrected chi connectivity index (χ2v) is 7.70. The smallest absolute Gasteiger partial charge is 0.171 e. The topological polar surface area (TPSA) is 75.3 Å². The van der Waals surface area contributed by atoms with Gasteiger partial charge in [-0.3, -0.25) is 4.98 Å². The van der Waals surface area contributed by atoms with E-state index in [2.05, 4.69) is 37.4 Å². The van der Waals surface area contributed by atoms with Gasteiger partial charge in [0.05, 0.1) is 16.4 Å². The predicted octanol–water partition coefficient (Wildman–Crippen LogP) is 3.77. The Morgan fingerprint density at radius 3 is 2.96 bits per heavy atom. The fourth-order valence-corrected chi connectivity index (χ4v) is 4.13. The second-order valence-electron chi connectivity index (χ2n) is 6.84. The third-order valence-electron chi connectivity index (χ3n) is 5.17. The summed E-state index contributed by atoms with van der Waals surface area (Å²) in [4.78, 5) is 9.03. The highest BCUT2D eigenvalue weighted by Gasteiger charge is 2.28. The van der Waals surface area contributed by atoms with Gasteiger partial charge in [0.2, 0.25) is 0 Å². The Labute approximate surface area is 160 Å². The van der Waals surface area contributed by atoms with Gasteiger partial charge in [0.1, 0.15) is 5.82 Å². The van der Waals surface area contributed by atoms with Gasteiger partial charge in [-0.15, -0.1) is 0 Å². The van der Waals surface area contributed by atoms with Crippen molar-refractivity contribution >= 4 is 27.4 Å². The molecule has 0 aliphatic heterocycles.